The maximum atomic E-state index is 11.8. The highest BCUT2D eigenvalue weighted by atomic mass is 16.4. The molecule has 0 atom stereocenters. The van der Waals surface area contributed by atoms with Gasteiger partial charge in [-0.3, -0.25) is 9.36 Å². The van der Waals surface area contributed by atoms with Crippen LogP contribution in [0, 0.1) is 0 Å². The zero-order chi connectivity index (χ0) is 11.5. The molecule has 0 spiro atoms. The first kappa shape index (κ1) is 10.9. The largest absolute Gasteiger partial charge is 0.480 e. The number of aromatic nitrogens is 3. The number of aliphatic carboxylic acids is 1. The number of nitrogens with zero attached hydrogens (tertiary/aromatic N) is 3. The van der Waals surface area contributed by atoms with Crippen molar-refractivity contribution in [2.45, 2.75) is 44.7 Å². The molecule has 88 valence electrons. The van der Waals surface area contributed by atoms with Gasteiger partial charge in [-0.2, -0.15) is 5.10 Å². The first-order chi connectivity index (χ1) is 7.68. The van der Waals surface area contributed by atoms with Crippen molar-refractivity contribution in [3.8, 4) is 0 Å². The van der Waals surface area contributed by atoms with Gasteiger partial charge in [0.25, 0.3) is 0 Å². The molecule has 0 aliphatic heterocycles. The average molecular weight is 225 g/mol. The maximum Gasteiger partial charge on any atom is 0.346 e. The molecule has 2 rings (SSSR count). The summed E-state index contributed by atoms with van der Waals surface area (Å²) in [5.74, 6) is -1.05. The van der Waals surface area contributed by atoms with E-state index in [0.29, 0.717) is 0 Å². The number of hydrogen-bond donors (Lipinski definition) is 1. The van der Waals surface area contributed by atoms with E-state index in [1.165, 1.54) is 12.7 Å². The highest BCUT2D eigenvalue weighted by Gasteiger charge is 2.19. The monoisotopic (exact) mass is 225 g/mol. The van der Waals surface area contributed by atoms with Crippen LogP contribution in [-0.4, -0.2) is 25.4 Å². The van der Waals surface area contributed by atoms with Gasteiger partial charge in [0.05, 0.1) is 0 Å². The van der Waals surface area contributed by atoms with Crippen molar-refractivity contribution < 1.29 is 9.90 Å². The van der Waals surface area contributed by atoms with E-state index in [1.54, 1.807) is 4.57 Å². The molecule has 1 aromatic rings. The fourth-order valence-corrected chi connectivity index (χ4v) is 2.20. The van der Waals surface area contributed by atoms with Crippen molar-refractivity contribution in [1.29, 1.82) is 0 Å². The van der Waals surface area contributed by atoms with Gasteiger partial charge in [-0.05, 0) is 12.8 Å². The van der Waals surface area contributed by atoms with Crippen LogP contribution in [0.25, 0.3) is 0 Å². The summed E-state index contributed by atoms with van der Waals surface area (Å²) in [6.07, 6.45) is 6.90. The summed E-state index contributed by atoms with van der Waals surface area (Å²) in [6, 6.07) is 0.198. The third kappa shape index (κ3) is 2.15. The van der Waals surface area contributed by atoms with Gasteiger partial charge in [0, 0.05) is 6.04 Å². The quantitative estimate of drug-likeness (QED) is 0.818. The summed E-state index contributed by atoms with van der Waals surface area (Å²) in [5.41, 5.74) is -0.311. The minimum absolute atomic E-state index is 0.198. The van der Waals surface area contributed by atoms with E-state index in [4.69, 9.17) is 5.11 Å². The van der Waals surface area contributed by atoms with E-state index in [-0.39, 0.29) is 18.3 Å². The van der Waals surface area contributed by atoms with Gasteiger partial charge in [0.1, 0.15) is 12.9 Å². The molecule has 1 N–H and O–H groups in total. The van der Waals surface area contributed by atoms with E-state index < -0.39 is 5.97 Å². The van der Waals surface area contributed by atoms with Gasteiger partial charge < -0.3 is 5.11 Å². The van der Waals surface area contributed by atoms with Gasteiger partial charge in [-0.1, -0.05) is 19.3 Å². The number of hydrogen-bond acceptors (Lipinski definition) is 3. The fourth-order valence-electron chi connectivity index (χ4n) is 2.20. The van der Waals surface area contributed by atoms with Gasteiger partial charge in [0.2, 0.25) is 0 Å². The molecule has 0 radical (unpaired) electrons. The molecule has 0 saturated heterocycles. The van der Waals surface area contributed by atoms with Crippen molar-refractivity contribution in [2.24, 2.45) is 0 Å². The summed E-state index contributed by atoms with van der Waals surface area (Å²) in [7, 11) is 0. The molecule has 1 saturated carbocycles. The number of carbonyl (C=O) groups is 1. The summed E-state index contributed by atoms with van der Waals surface area (Å²) in [6.45, 7) is -0.363. The normalized spacial score (nSPS) is 17.5. The second-order valence-electron chi connectivity index (χ2n) is 4.16. The van der Waals surface area contributed by atoms with E-state index in [0.717, 1.165) is 30.4 Å². The van der Waals surface area contributed by atoms with Crippen LogP contribution in [0.4, 0.5) is 0 Å². The first-order valence-corrected chi connectivity index (χ1v) is 5.54. The Morgan fingerprint density at radius 3 is 2.75 bits per heavy atom. The molecule has 6 nitrogen and oxygen atoms in total. The van der Waals surface area contributed by atoms with Crippen molar-refractivity contribution in [2.75, 3.05) is 0 Å². The lowest BCUT2D eigenvalue weighted by Crippen LogP contribution is -2.30. The summed E-state index contributed by atoms with van der Waals surface area (Å²) < 4.78 is 2.57. The third-order valence-corrected chi connectivity index (χ3v) is 3.01. The lowest BCUT2D eigenvalue weighted by molar-refractivity contribution is -0.138. The van der Waals surface area contributed by atoms with Crippen molar-refractivity contribution in [3.05, 3.63) is 16.8 Å². The highest BCUT2D eigenvalue weighted by Crippen LogP contribution is 2.26. The summed E-state index contributed by atoms with van der Waals surface area (Å²) in [4.78, 5) is 22.3. The lowest BCUT2D eigenvalue weighted by Gasteiger charge is -2.21. The van der Waals surface area contributed by atoms with Crippen LogP contribution in [0.3, 0.4) is 0 Å². The lowest BCUT2D eigenvalue weighted by atomic mass is 9.95. The molecule has 1 aliphatic rings. The second kappa shape index (κ2) is 4.51. The summed E-state index contributed by atoms with van der Waals surface area (Å²) >= 11 is 0. The molecule has 16 heavy (non-hydrogen) atoms. The van der Waals surface area contributed by atoms with E-state index in [1.807, 2.05) is 0 Å². The molecular formula is C10H15N3O3. The predicted octanol–water partition coefficient (Wildman–Crippen LogP) is 0.635. The van der Waals surface area contributed by atoms with Gasteiger partial charge >= 0.3 is 11.7 Å². The molecule has 1 aliphatic carbocycles. The Bertz CT molecular complexity index is 429. The molecule has 0 amide bonds. The maximum absolute atomic E-state index is 11.8. The van der Waals surface area contributed by atoms with Crippen LogP contribution in [-0.2, 0) is 11.3 Å². The Balaban J connectivity index is 2.18. The zero-order valence-corrected chi connectivity index (χ0v) is 9.00. The predicted molar refractivity (Wildman–Crippen MR) is 56.2 cm³/mol. The Morgan fingerprint density at radius 1 is 1.44 bits per heavy atom. The van der Waals surface area contributed by atoms with Crippen LogP contribution >= 0.6 is 0 Å². The van der Waals surface area contributed by atoms with Crippen molar-refractivity contribution >= 4 is 5.97 Å². The molecule has 0 bridgehead atoms. The Morgan fingerprint density at radius 2 is 2.12 bits per heavy atom. The molecule has 6 heteroatoms. The van der Waals surface area contributed by atoms with Crippen LogP contribution in [0.1, 0.15) is 38.1 Å². The number of carboxylic acid groups (broad SMARTS) is 1. The van der Waals surface area contributed by atoms with Gasteiger partial charge in [-0.15, -0.1) is 0 Å². The SMILES string of the molecule is O=C(O)Cn1ncn(C2CCCCC2)c1=O. The van der Waals surface area contributed by atoms with E-state index in [9.17, 15) is 9.59 Å². The van der Waals surface area contributed by atoms with Crippen LogP contribution in [0.2, 0.25) is 0 Å². The molecule has 1 fully saturated rings. The van der Waals surface area contributed by atoms with Crippen LogP contribution in [0.5, 0.6) is 0 Å². The van der Waals surface area contributed by atoms with Crippen molar-refractivity contribution in [3.63, 3.8) is 0 Å². The molecule has 1 aromatic heterocycles. The standard InChI is InChI=1S/C10H15N3O3/c14-9(15)6-13-10(16)12(7-11-13)8-4-2-1-3-5-8/h7-8H,1-6H2,(H,14,15). The number of rotatable bonds is 3. The Hall–Kier alpha value is -1.59. The first-order valence-electron chi connectivity index (χ1n) is 5.54. The Kier molecular flexibility index (Phi) is 3.07. The molecular weight excluding hydrogens is 210 g/mol. The highest BCUT2D eigenvalue weighted by molar-refractivity contribution is 5.66. The number of carboxylic acids is 1. The minimum atomic E-state index is -1.05. The van der Waals surface area contributed by atoms with E-state index in [2.05, 4.69) is 5.10 Å². The topological polar surface area (TPSA) is 77.1 Å². The Labute approximate surface area is 92.5 Å². The summed E-state index contributed by atoms with van der Waals surface area (Å²) in [5, 5.41) is 12.4. The van der Waals surface area contributed by atoms with Crippen LogP contribution < -0.4 is 5.69 Å². The minimum Gasteiger partial charge on any atom is -0.480 e. The van der Waals surface area contributed by atoms with Gasteiger partial charge in [0.15, 0.2) is 0 Å². The van der Waals surface area contributed by atoms with Gasteiger partial charge in [-0.25, -0.2) is 9.48 Å². The fraction of sp³-hybridized carbons (Fsp3) is 0.700. The van der Waals surface area contributed by atoms with E-state index >= 15 is 0 Å². The molecule has 0 unspecified atom stereocenters. The third-order valence-electron chi connectivity index (χ3n) is 3.01. The smallest absolute Gasteiger partial charge is 0.346 e. The average Bonchev–Trinajstić information content (AvgIpc) is 2.61. The second-order valence-corrected chi connectivity index (χ2v) is 4.16. The molecule has 0 aromatic carbocycles. The zero-order valence-electron chi connectivity index (χ0n) is 9.00. The van der Waals surface area contributed by atoms with Crippen LogP contribution in [0.15, 0.2) is 11.1 Å². The van der Waals surface area contributed by atoms with Crippen molar-refractivity contribution in [1.82, 2.24) is 14.3 Å². The molecule has 1 heterocycles.